The van der Waals surface area contributed by atoms with E-state index >= 15 is 0 Å². The first-order valence-electron chi connectivity index (χ1n) is 7.83. The SMILES string of the molecule is Cc1cccc(OCc2c(CN)nnn2CCC(C)C)c1C. The molecule has 2 rings (SSSR count). The fourth-order valence-electron chi connectivity index (χ4n) is 2.27. The summed E-state index contributed by atoms with van der Waals surface area (Å²) in [4.78, 5) is 0. The molecule has 0 amide bonds. The van der Waals surface area contributed by atoms with Crippen molar-refractivity contribution in [1.82, 2.24) is 15.0 Å². The first kappa shape index (κ1) is 16.5. The molecule has 0 atom stereocenters. The van der Waals surface area contributed by atoms with E-state index in [9.17, 15) is 0 Å². The Hall–Kier alpha value is -1.88. The summed E-state index contributed by atoms with van der Waals surface area (Å²) in [5.74, 6) is 1.53. The lowest BCUT2D eigenvalue weighted by atomic mass is 10.1. The molecule has 2 aromatic rings. The molecule has 0 aliphatic carbocycles. The summed E-state index contributed by atoms with van der Waals surface area (Å²) in [6.45, 7) is 10.2. The lowest BCUT2D eigenvalue weighted by molar-refractivity contribution is 0.286. The second-order valence-corrected chi connectivity index (χ2v) is 6.08. The van der Waals surface area contributed by atoms with Crippen molar-refractivity contribution >= 4 is 0 Å². The fraction of sp³-hybridized carbons (Fsp3) is 0.529. The van der Waals surface area contributed by atoms with Crippen LogP contribution in [0, 0.1) is 19.8 Å². The van der Waals surface area contributed by atoms with E-state index in [2.05, 4.69) is 44.1 Å². The molecule has 1 aromatic carbocycles. The van der Waals surface area contributed by atoms with E-state index in [0.717, 1.165) is 35.7 Å². The van der Waals surface area contributed by atoms with Gasteiger partial charge >= 0.3 is 0 Å². The molecule has 1 aromatic heterocycles. The number of aromatic nitrogens is 3. The molecule has 0 saturated heterocycles. The lowest BCUT2D eigenvalue weighted by Gasteiger charge is -2.13. The van der Waals surface area contributed by atoms with Crippen molar-refractivity contribution in [1.29, 1.82) is 0 Å². The molecule has 120 valence electrons. The summed E-state index contributed by atoms with van der Waals surface area (Å²) in [5, 5.41) is 8.39. The zero-order valence-corrected chi connectivity index (χ0v) is 14.0. The van der Waals surface area contributed by atoms with Crippen LogP contribution >= 0.6 is 0 Å². The van der Waals surface area contributed by atoms with Crippen LogP contribution in [0.2, 0.25) is 0 Å². The van der Waals surface area contributed by atoms with Gasteiger partial charge in [-0.05, 0) is 43.4 Å². The third-order valence-electron chi connectivity index (χ3n) is 3.95. The number of benzene rings is 1. The van der Waals surface area contributed by atoms with Crippen LogP contribution in [-0.4, -0.2) is 15.0 Å². The number of hydrogen-bond acceptors (Lipinski definition) is 4. The standard InChI is InChI=1S/C17H26N4O/c1-12(2)8-9-21-16(15(10-18)19-20-21)11-22-17-7-5-6-13(3)14(17)4/h5-7,12H,8-11,18H2,1-4H3. The molecule has 5 heteroatoms. The van der Waals surface area contributed by atoms with Crippen molar-refractivity contribution in [2.24, 2.45) is 11.7 Å². The normalized spacial score (nSPS) is 11.2. The number of rotatable bonds is 7. The second kappa shape index (κ2) is 7.40. The van der Waals surface area contributed by atoms with Crippen LogP contribution in [0.25, 0.3) is 0 Å². The Bertz CT molecular complexity index is 619. The van der Waals surface area contributed by atoms with Crippen molar-refractivity contribution in [3.8, 4) is 5.75 Å². The van der Waals surface area contributed by atoms with Gasteiger partial charge in [0, 0.05) is 13.1 Å². The van der Waals surface area contributed by atoms with Crippen LogP contribution in [0.5, 0.6) is 5.75 Å². The lowest BCUT2D eigenvalue weighted by Crippen LogP contribution is -2.12. The highest BCUT2D eigenvalue weighted by Gasteiger charge is 2.13. The highest BCUT2D eigenvalue weighted by molar-refractivity contribution is 5.38. The van der Waals surface area contributed by atoms with E-state index in [-0.39, 0.29) is 0 Å². The Labute approximate surface area is 132 Å². The van der Waals surface area contributed by atoms with Gasteiger partial charge in [-0.1, -0.05) is 31.2 Å². The molecule has 0 radical (unpaired) electrons. The molecule has 0 aliphatic rings. The summed E-state index contributed by atoms with van der Waals surface area (Å²) in [6, 6.07) is 6.09. The highest BCUT2D eigenvalue weighted by atomic mass is 16.5. The molecule has 0 aliphatic heterocycles. The van der Waals surface area contributed by atoms with Crippen LogP contribution in [0.15, 0.2) is 18.2 Å². The molecule has 0 fully saturated rings. The van der Waals surface area contributed by atoms with Crippen LogP contribution < -0.4 is 10.5 Å². The zero-order valence-electron chi connectivity index (χ0n) is 14.0. The van der Waals surface area contributed by atoms with Gasteiger partial charge in [-0.2, -0.15) is 0 Å². The fourth-order valence-corrected chi connectivity index (χ4v) is 2.27. The Morgan fingerprint density at radius 1 is 1.27 bits per heavy atom. The van der Waals surface area contributed by atoms with Gasteiger partial charge in [-0.15, -0.1) is 5.10 Å². The molecule has 22 heavy (non-hydrogen) atoms. The molecule has 5 nitrogen and oxygen atoms in total. The average Bonchev–Trinajstić information content (AvgIpc) is 2.88. The quantitative estimate of drug-likeness (QED) is 0.854. The minimum atomic E-state index is 0.382. The minimum absolute atomic E-state index is 0.382. The van der Waals surface area contributed by atoms with Gasteiger partial charge in [0.2, 0.25) is 0 Å². The van der Waals surface area contributed by atoms with Gasteiger partial charge < -0.3 is 10.5 Å². The van der Waals surface area contributed by atoms with Crippen molar-refractivity contribution in [2.75, 3.05) is 0 Å². The second-order valence-electron chi connectivity index (χ2n) is 6.08. The average molecular weight is 302 g/mol. The summed E-state index contributed by atoms with van der Waals surface area (Å²) in [7, 11) is 0. The van der Waals surface area contributed by atoms with Crippen LogP contribution in [0.3, 0.4) is 0 Å². The predicted molar refractivity (Wildman–Crippen MR) is 87.6 cm³/mol. The molecule has 2 N–H and O–H groups in total. The van der Waals surface area contributed by atoms with E-state index in [4.69, 9.17) is 10.5 Å². The predicted octanol–water partition coefficient (Wildman–Crippen LogP) is 2.98. The van der Waals surface area contributed by atoms with Crippen molar-refractivity contribution in [2.45, 2.75) is 53.8 Å². The van der Waals surface area contributed by atoms with Gasteiger partial charge in [0.25, 0.3) is 0 Å². The molecule has 1 heterocycles. The molecular formula is C17H26N4O. The summed E-state index contributed by atoms with van der Waals surface area (Å²) < 4.78 is 7.92. The van der Waals surface area contributed by atoms with E-state index in [1.54, 1.807) is 0 Å². The van der Waals surface area contributed by atoms with Gasteiger partial charge in [0.1, 0.15) is 23.7 Å². The van der Waals surface area contributed by atoms with Gasteiger partial charge in [-0.3, -0.25) is 0 Å². The maximum absolute atomic E-state index is 6.00. The van der Waals surface area contributed by atoms with Crippen molar-refractivity contribution < 1.29 is 4.74 Å². The number of ether oxygens (including phenoxy) is 1. The maximum Gasteiger partial charge on any atom is 0.132 e. The summed E-state index contributed by atoms with van der Waals surface area (Å²) in [6.07, 6.45) is 1.06. The Balaban J connectivity index is 2.14. The monoisotopic (exact) mass is 302 g/mol. The number of hydrogen-bond donors (Lipinski definition) is 1. The maximum atomic E-state index is 6.00. The van der Waals surface area contributed by atoms with Crippen molar-refractivity contribution in [3.63, 3.8) is 0 Å². The Morgan fingerprint density at radius 2 is 2.05 bits per heavy atom. The summed E-state index contributed by atoms with van der Waals surface area (Å²) in [5.41, 5.74) is 9.95. The third-order valence-corrected chi connectivity index (χ3v) is 3.95. The number of nitrogens with two attached hydrogens (primary N) is 1. The smallest absolute Gasteiger partial charge is 0.132 e. The number of nitrogens with zero attached hydrogens (tertiary/aromatic N) is 3. The molecule has 0 unspecified atom stereocenters. The molecular weight excluding hydrogens is 276 g/mol. The van der Waals surface area contributed by atoms with Crippen LogP contribution in [-0.2, 0) is 19.7 Å². The molecule has 0 saturated carbocycles. The van der Waals surface area contributed by atoms with Crippen LogP contribution in [0.4, 0.5) is 0 Å². The zero-order chi connectivity index (χ0) is 16.1. The first-order valence-corrected chi connectivity index (χ1v) is 7.83. The van der Waals surface area contributed by atoms with E-state index in [0.29, 0.717) is 19.1 Å². The topological polar surface area (TPSA) is 66.0 Å². The Morgan fingerprint density at radius 3 is 2.73 bits per heavy atom. The van der Waals surface area contributed by atoms with E-state index < -0.39 is 0 Å². The van der Waals surface area contributed by atoms with Gasteiger partial charge in [0.15, 0.2) is 0 Å². The van der Waals surface area contributed by atoms with Crippen LogP contribution in [0.1, 0.15) is 42.8 Å². The highest BCUT2D eigenvalue weighted by Crippen LogP contribution is 2.22. The minimum Gasteiger partial charge on any atom is -0.487 e. The molecule has 0 spiro atoms. The number of aryl methyl sites for hydroxylation is 2. The van der Waals surface area contributed by atoms with Gasteiger partial charge in [-0.25, -0.2) is 4.68 Å². The van der Waals surface area contributed by atoms with E-state index in [1.807, 2.05) is 16.8 Å². The van der Waals surface area contributed by atoms with Gasteiger partial charge in [0.05, 0.1) is 0 Å². The third kappa shape index (κ3) is 3.85. The Kier molecular flexibility index (Phi) is 5.55. The summed E-state index contributed by atoms with van der Waals surface area (Å²) >= 11 is 0. The van der Waals surface area contributed by atoms with E-state index in [1.165, 1.54) is 5.56 Å². The first-order chi connectivity index (χ1) is 10.5. The van der Waals surface area contributed by atoms with Crippen molar-refractivity contribution in [3.05, 3.63) is 40.7 Å². The molecule has 0 bridgehead atoms. The largest absolute Gasteiger partial charge is 0.487 e.